The molecule has 0 aromatic heterocycles. The molecular weight excluding hydrogens is 440 g/mol. The van der Waals surface area contributed by atoms with Crippen molar-refractivity contribution in [2.45, 2.75) is 45.9 Å². The van der Waals surface area contributed by atoms with Crippen LogP contribution in [-0.4, -0.2) is 48.3 Å². The Labute approximate surface area is 208 Å². The molecule has 0 saturated heterocycles. The van der Waals surface area contributed by atoms with Gasteiger partial charge in [-0.15, -0.1) is 0 Å². The van der Waals surface area contributed by atoms with Crippen LogP contribution in [0.5, 0.6) is 11.5 Å². The van der Waals surface area contributed by atoms with E-state index in [9.17, 15) is 9.90 Å². The summed E-state index contributed by atoms with van der Waals surface area (Å²) in [5, 5.41) is 13.5. The molecule has 1 unspecified atom stereocenters. The minimum Gasteiger partial charge on any atom is -0.493 e. The molecule has 1 amide bonds. The van der Waals surface area contributed by atoms with Crippen molar-refractivity contribution >= 4 is 11.6 Å². The van der Waals surface area contributed by atoms with Gasteiger partial charge in [0.25, 0.3) is 5.91 Å². The third kappa shape index (κ3) is 7.07. The van der Waals surface area contributed by atoms with Gasteiger partial charge in [-0.3, -0.25) is 9.69 Å². The van der Waals surface area contributed by atoms with Gasteiger partial charge in [-0.1, -0.05) is 42.5 Å². The van der Waals surface area contributed by atoms with Crippen LogP contribution in [0.3, 0.4) is 0 Å². The number of aliphatic hydroxyl groups excluding tert-OH is 1. The Morgan fingerprint density at radius 2 is 1.51 bits per heavy atom. The van der Waals surface area contributed by atoms with E-state index in [1.54, 1.807) is 49.6 Å². The molecule has 0 heterocycles. The maximum atomic E-state index is 12.8. The van der Waals surface area contributed by atoms with Crippen LogP contribution < -0.4 is 14.8 Å². The Balaban J connectivity index is 1.65. The van der Waals surface area contributed by atoms with Gasteiger partial charge in [0.2, 0.25) is 0 Å². The number of benzene rings is 3. The van der Waals surface area contributed by atoms with Crippen LogP contribution in [0, 0.1) is 0 Å². The fraction of sp³-hybridized carbons (Fsp3) is 0.345. The van der Waals surface area contributed by atoms with Gasteiger partial charge in [-0.05, 0) is 63.1 Å². The van der Waals surface area contributed by atoms with Gasteiger partial charge in [0.05, 0.1) is 7.11 Å². The number of ether oxygens (including phenoxy) is 2. The molecule has 3 rings (SSSR count). The zero-order valence-electron chi connectivity index (χ0n) is 21.2. The average molecular weight is 477 g/mol. The monoisotopic (exact) mass is 476 g/mol. The second kappa shape index (κ2) is 12.4. The highest BCUT2D eigenvalue weighted by molar-refractivity contribution is 6.04. The number of hydrogen-bond donors (Lipinski definition) is 2. The lowest BCUT2D eigenvalue weighted by Gasteiger charge is -2.30. The van der Waals surface area contributed by atoms with E-state index in [-0.39, 0.29) is 5.91 Å². The molecule has 3 aromatic carbocycles. The van der Waals surface area contributed by atoms with Crippen molar-refractivity contribution in [1.82, 2.24) is 4.90 Å². The van der Waals surface area contributed by atoms with Crippen LogP contribution in [0.2, 0.25) is 0 Å². The Morgan fingerprint density at radius 3 is 2.11 bits per heavy atom. The first kappa shape index (κ1) is 26.3. The topological polar surface area (TPSA) is 71.0 Å². The summed E-state index contributed by atoms with van der Waals surface area (Å²) in [5.41, 5.74) is 2.64. The molecule has 186 valence electrons. The van der Waals surface area contributed by atoms with Gasteiger partial charge in [0.15, 0.2) is 11.5 Å². The molecule has 0 aliphatic heterocycles. The van der Waals surface area contributed by atoms with E-state index in [1.807, 2.05) is 30.3 Å². The first-order chi connectivity index (χ1) is 16.8. The third-order valence-corrected chi connectivity index (χ3v) is 5.96. The smallest absolute Gasteiger partial charge is 0.255 e. The van der Waals surface area contributed by atoms with Crippen molar-refractivity contribution in [1.29, 1.82) is 0 Å². The number of rotatable bonds is 11. The molecule has 6 heteroatoms. The predicted octanol–water partition coefficient (Wildman–Crippen LogP) is 5.53. The van der Waals surface area contributed by atoms with E-state index in [0.29, 0.717) is 41.4 Å². The summed E-state index contributed by atoms with van der Waals surface area (Å²) in [6, 6.07) is 22.6. The number of anilines is 1. The molecule has 0 bridgehead atoms. The first-order valence-corrected chi connectivity index (χ1v) is 12.0. The summed E-state index contributed by atoms with van der Waals surface area (Å²) in [4.78, 5) is 15.2. The highest BCUT2D eigenvalue weighted by Gasteiger charge is 2.15. The summed E-state index contributed by atoms with van der Waals surface area (Å²) in [6.45, 7) is 9.99. The maximum Gasteiger partial charge on any atom is 0.255 e. The van der Waals surface area contributed by atoms with Crippen LogP contribution in [0.4, 0.5) is 5.69 Å². The highest BCUT2D eigenvalue weighted by Crippen LogP contribution is 2.30. The number of carbonyl (C=O) groups is 1. The lowest BCUT2D eigenvalue weighted by molar-refractivity contribution is 0.102. The summed E-state index contributed by atoms with van der Waals surface area (Å²) in [6.07, 6.45) is -0.739. The second-order valence-corrected chi connectivity index (χ2v) is 9.03. The molecule has 0 aliphatic rings. The number of amides is 1. The molecule has 0 spiro atoms. The maximum absolute atomic E-state index is 12.8. The van der Waals surface area contributed by atoms with E-state index in [2.05, 4.69) is 37.9 Å². The van der Waals surface area contributed by atoms with Crippen LogP contribution in [0.1, 0.15) is 55.3 Å². The summed E-state index contributed by atoms with van der Waals surface area (Å²) in [5.74, 6) is 0.953. The molecule has 0 saturated carbocycles. The van der Waals surface area contributed by atoms with Gasteiger partial charge in [0.1, 0.15) is 12.7 Å². The van der Waals surface area contributed by atoms with E-state index >= 15 is 0 Å². The minimum absolute atomic E-state index is 0.243. The molecule has 2 N–H and O–H groups in total. The summed E-state index contributed by atoms with van der Waals surface area (Å²) in [7, 11) is 1.60. The molecule has 0 fully saturated rings. The Morgan fingerprint density at radius 1 is 0.886 bits per heavy atom. The number of nitrogens with zero attached hydrogens (tertiary/aromatic N) is 1. The zero-order valence-corrected chi connectivity index (χ0v) is 21.2. The number of carbonyl (C=O) groups excluding carboxylic acids is 1. The molecule has 35 heavy (non-hydrogen) atoms. The Hall–Kier alpha value is -3.35. The molecule has 6 nitrogen and oxygen atoms in total. The van der Waals surface area contributed by atoms with Gasteiger partial charge < -0.3 is 19.9 Å². The van der Waals surface area contributed by atoms with Crippen LogP contribution in [0.15, 0.2) is 72.8 Å². The van der Waals surface area contributed by atoms with Crippen molar-refractivity contribution in [2.75, 3.05) is 25.6 Å². The number of methoxy groups -OCH3 is 1. The average Bonchev–Trinajstić information content (AvgIpc) is 2.86. The first-order valence-electron chi connectivity index (χ1n) is 12.0. The predicted molar refractivity (Wildman–Crippen MR) is 140 cm³/mol. The third-order valence-electron chi connectivity index (χ3n) is 5.96. The van der Waals surface area contributed by atoms with Crippen molar-refractivity contribution in [3.63, 3.8) is 0 Å². The summed E-state index contributed by atoms with van der Waals surface area (Å²) >= 11 is 0. The zero-order chi connectivity index (χ0) is 25.4. The van der Waals surface area contributed by atoms with E-state index < -0.39 is 6.10 Å². The molecular formula is C29H36N2O4. The lowest BCUT2D eigenvalue weighted by atomic mass is 10.0. The van der Waals surface area contributed by atoms with Crippen molar-refractivity contribution in [3.8, 4) is 11.5 Å². The second-order valence-electron chi connectivity index (χ2n) is 9.03. The highest BCUT2D eigenvalue weighted by atomic mass is 16.5. The SMILES string of the molecule is COc1ccc(NC(=O)c2ccc(C(O)c3ccccc3)cc2)cc1OCCN(C(C)C)C(C)C. The van der Waals surface area contributed by atoms with Gasteiger partial charge in [0, 0.05) is 35.9 Å². The van der Waals surface area contributed by atoms with Crippen molar-refractivity contribution in [3.05, 3.63) is 89.5 Å². The summed E-state index contributed by atoms with van der Waals surface area (Å²) < 4.78 is 11.5. The van der Waals surface area contributed by atoms with Crippen molar-refractivity contribution in [2.24, 2.45) is 0 Å². The lowest BCUT2D eigenvalue weighted by Crippen LogP contribution is -2.39. The quantitative estimate of drug-likeness (QED) is 0.381. The minimum atomic E-state index is -0.739. The van der Waals surface area contributed by atoms with Crippen molar-refractivity contribution < 1.29 is 19.4 Å². The Kier molecular flexibility index (Phi) is 9.29. The molecule has 3 aromatic rings. The normalized spacial score (nSPS) is 12.1. The largest absolute Gasteiger partial charge is 0.493 e. The van der Waals surface area contributed by atoms with Gasteiger partial charge >= 0.3 is 0 Å². The molecule has 1 atom stereocenters. The van der Waals surface area contributed by atoms with E-state index in [4.69, 9.17) is 9.47 Å². The Bertz CT molecular complexity index is 1070. The molecule has 0 radical (unpaired) electrons. The van der Waals surface area contributed by atoms with Crippen LogP contribution in [0.25, 0.3) is 0 Å². The fourth-order valence-electron chi connectivity index (χ4n) is 4.09. The number of nitrogens with one attached hydrogen (secondary N) is 1. The van der Waals surface area contributed by atoms with E-state index in [1.165, 1.54) is 0 Å². The number of aliphatic hydroxyl groups is 1. The molecule has 0 aliphatic carbocycles. The van der Waals surface area contributed by atoms with Crippen LogP contribution >= 0.6 is 0 Å². The standard InChI is InChI=1S/C29H36N2O4/c1-20(2)31(21(3)4)17-18-35-27-19-25(15-16-26(27)34-5)30-29(33)24-13-11-23(12-14-24)28(32)22-9-7-6-8-10-22/h6-16,19-21,28,32H,17-18H2,1-5H3,(H,30,33). The number of hydrogen-bond acceptors (Lipinski definition) is 5. The van der Waals surface area contributed by atoms with E-state index in [0.717, 1.165) is 17.7 Å². The van der Waals surface area contributed by atoms with Gasteiger partial charge in [-0.2, -0.15) is 0 Å². The van der Waals surface area contributed by atoms with Gasteiger partial charge in [-0.25, -0.2) is 0 Å². The van der Waals surface area contributed by atoms with Crippen LogP contribution in [-0.2, 0) is 0 Å². The fourth-order valence-corrected chi connectivity index (χ4v) is 4.09.